The summed E-state index contributed by atoms with van der Waals surface area (Å²) in [4.78, 5) is 33.2. The van der Waals surface area contributed by atoms with Crippen molar-refractivity contribution in [1.29, 1.82) is 0 Å². The molecule has 0 radical (unpaired) electrons. The highest BCUT2D eigenvalue weighted by atomic mass is 32.2. The summed E-state index contributed by atoms with van der Waals surface area (Å²) in [5.74, 6) is -0.481. The maximum absolute atomic E-state index is 13.0. The van der Waals surface area contributed by atoms with Crippen LogP contribution in [0.5, 0.6) is 0 Å². The Labute approximate surface area is 184 Å². The minimum atomic E-state index is -3.73. The molecule has 0 atom stereocenters. The summed E-state index contributed by atoms with van der Waals surface area (Å²) in [6.45, 7) is 0.517. The zero-order valence-electron chi connectivity index (χ0n) is 17.1. The first-order chi connectivity index (χ1) is 15.2. The van der Waals surface area contributed by atoms with Gasteiger partial charge in [0.25, 0.3) is 11.4 Å². The van der Waals surface area contributed by atoms with E-state index in [0.29, 0.717) is 13.1 Å². The number of carbonyl (C=O) groups excluding carboxylic acids is 1. The van der Waals surface area contributed by atoms with E-state index >= 15 is 0 Å². The third-order valence-electron chi connectivity index (χ3n) is 5.19. The van der Waals surface area contributed by atoms with Gasteiger partial charge in [0.1, 0.15) is 5.69 Å². The molecule has 1 aliphatic heterocycles. The Morgan fingerprint density at radius 1 is 0.969 bits per heavy atom. The molecule has 0 unspecified atom stereocenters. The fraction of sp³-hybridized carbons (Fsp3) is 0.350. The monoisotopic (exact) mass is 462 g/mol. The van der Waals surface area contributed by atoms with Gasteiger partial charge in [-0.15, -0.1) is 0 Å². The smallest absolute Gasteiger partial charge is 0.299 e. The van der Waals surface area contributed by atoms with Crippen LogP contribution in [0.2, 0.25) is 0 Å². The van der Waals surface area contributed by atoms with Crippen LogP contribution in [0.1, 0.15) is 36.0 Å². The minimum Gasteiger partial charge on any atom is -0.372 e. The molecule has 0 aliphatic carbocycles. The van der Waals surface area contributed by atoms with Crippen LogP contribution in [0.3, 0.4) is 0 Å². The van der Waals surface area contributed by atoms with Crippen LogP contribution in [0.15, 0.2) is 47.4 Å². The van der Waals surface area contributed by atoms with Gasteiger partial charge in [-0.1, -0.05) is 25.0 Å². The molecule has 32 heavy (non-hydrogen) atoms. The Kier molecular flexibility index (Phi) is 7.15. The van der Waals surface area contributed by atoms with Gasteiger partial charge in [0.15, 0.2) is 5.78 Å². The SMILES string of the molecule is O=C(CNc1ccc([N+](=O)[O-])cc1[N+](=O)[O-])c1cccc(S(=O)(=O)N2CCCCCC2)c1. The first kappa shape index (κ1) is 23.3. The molecule has 0 aromatic heterocycles. The average Bonchev–Trinajstić information content (AvgIpc) is 3.07. The number of non-ortho nitro benzene ring substituents is 1. The van der Waals surface area contributed by atoms with E-state index in [0.717, 1.165) is 43.9 Å². The Morgan fingerprint density at radius 3 is 2.28 bits per heavy atom. The number of carbonyl (C=O) groups is 1. The van der Waals surface area contributed by atoms with Crippen molar-refractivity contribution >= 4 is 32.9 Å². The molecule has 3 rings (SSSR count). The molecule has 170 valence electrons. The molecular formula is C20H22N4O7S. The number of nitrogens with zero attached hydrogens (tertiary/aromatic N) is 3. The van der Waals surface area contributed by atoms with Crippen molar-refractivity contribution in [2.75, 3.05) is 25.0 Å². The molecule has 1 aliphatic rings. The molecule has 2 aromatic carbocycles. The van der Waals surface area contributed by atoms with Crippen molar-refractivity contribution in [2.45, 2.75) is 30.6 Å². The van der Waals surface area contributed by atoms with E-state index in [1.54, 1.807) is 0 Å². The number of hydrogen-bond donors (Lipinski definition) is 1. The summed E-state index contributed by atoms with van der Waals surface area (Å²) < 4.78 is 27.4. The number of Topliss-reactive ketones (excluding diaryl/α,β-unsaturated/α-hetero) is 1. The van der Waals surface area contributed by atoms with Crippen LogP contribution in [0, 0.1) is 20.2 Å². The summed E-state index contributed by atoms with van der Waals surface area (Å²) in [7, 11) is -3.73. The summed E-state index contributed by atoms with van der Waals surface area (Å²) in [6.07, 6.45) is 3.53. The van der Waals surface area contributed by atoms with E-state index < -0.39 is 37.0 Å². The van der Waals surface area contributed by atoms with E-state index in [2.05, 4.69) is 5.32 Å². The summed E-state index contributed by atoms with van der Waals surface area (Å²) >= 11 is 0. The lowest BCUT2D eigenvalue weighted by atomic mass is 10.1. The van der Waals surface area contributed by atoms with E-state index in [4.69, 9.17) is 0 Å². The van der Waals surface area contributed by atoms with E-state index in [9.17, 15) is 33.4 Å². The Morgan fingerprint density at radius 2 is 1.66 bits per heavy atom. The molecule has 0 spiro atoms. The highest BCUT2D eigenvalue weighted by molar-refractivity contribution is 7.89. The third-order valence-corrected chi connectivity index (χ3v) is 7.08. The van der Waals surface area contributed by atoms with Crippen LogP contribution in [-0.4, -0.2) is 48.0 Å². The van der Waals surface area contributed by atoms with Crippen molar-refractivity contribution < 1.29 is 23.1 Å². The lowest BCUT2D eigenvalue weighted by Gasteiger charge is -2.20. The fourth-order valence-corrected chi connectivity index (χ4v) is 5.04. The van der Waals surface area contributed by atoms with Gasteiger partial charge >= 0.3 is 0 Å². The van der Waals surface area contributed by atoms with Crippen molar-refractivity contribution in [3.05, 3.63) is 68.3 Å². The van der Waals surface area contributed by atoms with Gasteiger partial charge in [-0.3, -0.25) is 25.0 Å². The zero-order valence-corrected chi connectivity index (χ0v) is 17.9. The van der Waals surface area contributed by atoms with Gasteiger partial charge in [0.05, 0.1) is 27.4 Å². The first-order valence-electron chi connectivity index (χ1n) is 10.0. The molecule has 11 nitrogen and oxygen atoms in total. The second kappa shape index (κ2) is 9.83. The van der Waals surface area contributed by atoms with Gasteiger partial charge < -0.3 is 5.32 Å². The highest BCUT2D eigenvalue weighted by Crippen LogP contribution is 2.29. The van der Waals surface area contributed by atoms with Crippen LogP contribution < -0.4 is 5.32 Å². The Bertz CT molecular complexity index is 1140. The van der Waals surface area contributed by atoms with Gasteiger partial charge in [-0.05, 0) is 31.0 Å². The molecule has 1 heterocycles. The molecule has 0 bridgehead atoms. The molecule has 1 saturated heterocycles. The number of anilines is 1. The van der Waals surface area contributed by atoms with Crippen LogP contribution in [-0.2, 0) is 10.0 Å². The van der Waals surface area contributed by atoms with Crippen LogP contribution in [0.25, 0.3) is 0 Å². The lowest BCUT2D eigenvalue weighted by Crippen LogP contribution is -2.32. The highest BCUT2D eigenvalue weighted by Gasteiger charge is 2.26. The van der Waals surface area contributed by atoms with E-state index in [1.807, 2.05) is 0 Å². The zero-order chi connectivity index (χ0) is 23.3. The maximum atomic E-state index is 13.0. The minimum absolute atomic E-state index is 0.0200. The molecule has 12 heteroatoms. The number of rotatable bonds is 8. The molecule has 2 aromatic rings. The molecular weight excluding hydrogens is 440 g/mol. The van der Waals surface area contributed by atoms with Gasteiger partial charge in [0.2, 0.25) is 10.0 Å². The lowest BCUT2D eigenvalue weighted by molar-refractivity contribution is -0.393. The second-order valence-corrected chi connectivity index (χ2v) is 9.28. The number of sulfonamides is 1. The van der Waals surface area contributed by atoms with Gasteiger partial charge in [-0.2, -0.15) is 4.31 Å². The Balaban J connectivity index is 1.77. The third kappa shape index (κ3) is 5.26. The topological polar surface area (TPSA) is 153 Å². The van der Waals surface area contributed by atoms with E-state index in [-0.39, 0.29) is 22.7 Å². The predicted octanol–water partition coefficient (Wildman–Crippen LogP) is 3.36. The van der Waals surface area contributed by atoms with Crippen molar-refractivity contribution in [3.63, 3.8) is 0 Å². The quantitative estimate of drug-likeness (QED) is 0.356. The van der Waals surface area contributed by atoms with Crippen molar-refractivity contribution in [3.8, 4) is 0 Å². The molecule has 1 N–H and O–H groups in total. The molecule has 1 fully saturated rings. The van der Waals surface area contributed by atoms with E-state index in [1.165, 1.54) is 28.6 Å². The average molecular weight is 462 g/mol. The summed E-state index contributed by atoms with van der Waals surface area (Å²) in [6, 6.07) is 8.74. The fourth-order valence-electron chi connectivity index (χ4n) is 3.47. The van der Waals surface area contributed by atoms with Crippen LogP contribution >= 0.6 is 0 Å². The molecule has 0 saturated carbocycles. The predicted molar refractivity (Wildman–Crippen MR) is 116 cm³/mol. The number of nitro groups is 2. The number of benzene rings is 2. The first-order valence-corrected chi connectivity index (χ1v) is 11.4. The van der Waals surface area contributed by atoms with Gasteiger partial charge in [0, 0.05) is 24.7 Å². The van der Waals surface area contributed by atoms with Gasteiger partial charge in [-0.25, -0.2) is 8.42 Å². The standard InChI is InChI=1S/C20H22N4O7S/c25-20(14-21-18-9-8-16(23(26)27)13-19(18)24(28)29)15-6-5-7-17(12-15)32(30,31)22-10-3-1-2-4-11-22/h5-9,12-13,21H,1-4,10-11,14H2. The maximum Gasteiger partial charge on any atom is 0.299 e. The van der Waals surface area contributed by atoms with Crippen molar-refractivity contribution in [2.24, 2.45) is 0 Å². The number of hydrogen-bond acceptors (Lipinski definition) is 8. The Hall–Kier alpha value is -3.38. The largest absolute Gasteiger partial charge is 0.372 e. The van der Waals surface area contributed by atoms with Crippen LogP contribution in [0.4, 0.5) is 17.1 Å². The molecule has 0 amide bonds. The summed E-state index contributed by atoms with van der Waals surface area (Å²) in [5.41, 5.74) is -0.898. The van der Waals surface area contributed by atoms with Crippen molar-refractivity contribution in [1.82, 2.24) is 4.31 Å². The summed E-state index contributed by atoms with van der Waals surface area (Å²) in [5, 5.41) is 24.7. The number of nitro benzene ring substituents is 2. The normalized spacial score (nSPS) is 15.0. The second-order valence-electron chi connectivity index (χ2n) is 7.34. The number of nitrogens with one attached hydrogen (secondary N) is 1. The number of ketones is 1.